The molecule has 7 heteroatoms. The highest BCUT2D eigenvalue weighted by molar-refractivity contribution is 6.31. The predicted molar refractivity (Wildman–Crippen MR) is 87.3 cm³/mol. The molecule has 23 heavy (non-hydrogen) atoms. The largest absolute Gasteiger partial charge is 0.544 e. The highest BCUT2D eigenvalue weighted by atomic mass is 35.5. The summed E-state index contributed by atoms with van der Waals surface area (Å²) in [4.78, 5) is 24.5. The Bertz CT molecular complexity index is 549. The molecular formula is C16H25ClN3O3+. The van der Waals surface area contributed by atoms with Crippen molar-refractivity contribution < 1.29 is 24.9 Å². The number of quaternary nitrogens is 2. The van der Waals surface area contributed by atoms with Gasteiger partial charge in [0.05, 0.1) is 39.6 Å². The van der Waals surface area contributed by atoms with Crippen LogP contribution in [0.25, 0.3) is 0 Å². The Morgan fingerprint density at radius 1 is 1.39 bits per heavy atom. The van der Waals surface area contributed by atoms with Gasteiger partial charge in [0.1, 0.15) is 6.04 Å². The van der Waals surface area contributed by atoms with E-state index in [-0.39, 0.29) is 12.3 Å². The molecule has 0 unspecified atom stereocenters. The van der Waals surface area contributed by atoms with E-state index in [2.05, 4.69) is 5.32 Å². The molecule has 0 saturated carbocycles. The molecule has 1 atom stereocenters. The highest BCUT2D eigenvalue weighted by Crippen LogP contribution is 2.19. The Morgan fingerprint density at radius 2 is 2.09 bits per heavy atom. The van der Waals surface area contributed by atoms with Gasteiger partial charge in [-0.05, 0) is 24.6 Å². The van der Waals surface area contributed by atoms with Gasteiger partial charge in [-0.1, -0.05) is 17.7 Å². The minimum Gasteiger partial charge on any atom is -0.544 e. The second-order valence-electron chi connectivity index (χ2n) is 5.98. The number of carboxylic acid groups (broad SMARTS) is 1. The van der Waals surface area contributed by atoms with Gasteiger partial charge in [0.25, 0.3) is 0 Å². The number of hydrogen-bond donors (Lipinski definition) is 3. The Morgan fingerprint density at radius 3 is 2.65 bits per heavy atom. The van der Waals surface area contributed by atoms with Gasteiger partial charge in [-0.25, -0.2) is 0 Å². The van der Waals surface area contributed by atoms with E-state index in [1.54, 1.807) is 23.5 Å². The van der Waals surface area contributed by atoms with Crippen LogP contribution in [0.2, 0.25) is 5.02 Å². The molecule has 1 rings (SSSR count). The number of carbonyl (C=O) groups is 2. The van der Waals surface area contributed by atoms with Crippen LogP contribution < -0.4 is 20.6 Å². The van der Waals surface area contributed by atoms with Gasteiger partial charge in [-0.2, -0.15) is 0 Å². The van der Waals surface area contributed by atoms with Crippen molar-refractivity contribution in [2.45, 2.75) is 25.8 Å². The van der Waals surface area contributed by atoms with E-state index < -0.39 is 12.0 Å². The number of nitrogens with one attached hydrogen (secondary N) is 2. The quantitative estimate of drug-likeness (QED) is 0.462. The summed E-state index contributed by atoms with van der Waals surface area (Å²) >= 11 is 6.00. The Labute approximate surface area is 141 Å². The fraction of sp³-hybridized carbons (Fsp3) is 0.500. The molecule has 0 aliphatic heterocycles. The van der Waals surface area contributed by atoms with Crippen molar-refractivity contribution in [3.8, 4) is 0 Å². The maximum absolute atomic E-state index is 12.0. The minimum absolute atomic E-state index is 0.136. The van der Waals surface area contributed by atoms with E-state index in [4.69, 9.17) is 11.6 Å². The Kier molecular flexibility index (Phi) is 8.02. The van der Waals surface area contributed by atoms with E-state index in [9.17, 15) is 14.7 Å². The molecule has 6 nitrogen and oxygen atoms in total. The predicted octanol–water partition coefficient (Wildman–Crippen LogP) is -1.81. The highest BCUT2D eigenvalue weighted by Gasteiger charge is 2.18. The molecular weight excluding hydrogens is 318 g/mol. The fourth-order valence-corrected chi connectivity index (χ4v) is 2.30. The lowest BCUT2D eigenvalue weighted by atomic mass is 10.1. The zero-order valence-electron chi connectivity index (χ0n) is 13.8. The normalized spacial score (nSPS) is 12.2. The van der Waals surface area contributed by atoms with Gasteiger partial charge < -0.3 is 25.4 Å². The molecule has 1 amide bonds. The second-order valence-corrected chi connectivity index (χ2v) is 6.38. The molecule has 0 heterocycles. The van der Waals surface area contributed by atoms with Gasteiger partial charge in [-0.15, -0.1) is 0 Å². The summed E-state index contributed by atoms with van der Waals surface area (Å²) in [5.74, 6) is -1.59. The van der Waals surface area contributed by atoms with Crippen LogP contribution in [-0.2, 0) is 9.59 Å². The summed E-state index contributed by atoms with van der Waals surface area (Å²) < 4.78 is 0. The number of anilines is 1. The van der Waals surface area contributed by atoms with E-state index in [0.717, 1.165) is 18.5 Å². The number of carbonyl (C=O) groups excluding carboxylic acids is 2. The molecule has 0 spiro atoms. The van der Waals surface area contributed by atoms with E-state index >= 15 is 0 Å². The zero-order chi connectivity index (χ0) is 17.4. The lowest BCUT2D eigenvalue weighted by Gasteiger charge is -2.17. The molecule has 0 radical (unpaired) electrons. The van der Waals surface area contributed by atoms with Crippen molar-refractivity contribution in [2.24, 2.45) is 0 Å². The summed E-state index contributed by atoms with van der Waals surface area (Å²) in [7, 11) is 4.08. The monoisotopic (exact) mass is 342 g/mol. The van der Waals surface area contributed by atoms with Crippen molar-refractivity contribution in [3.05, 3.63) is 28.8 Å². The van der Waals surface area contributed by atoms with Crippen LogP contribution in [0.4, 0.5) is 5.69 Å². The summed E-state index contributed by atoms with van der Waals surface area (Å²) in [6.07, 6.45) is 0.740. The van der Waals surface area contributed by atoms with Crippen molar-refractivity contribution in [1.82, 2.24) is 0 Å². The number of carboxylic acids is 1. The van der Waals surface area contributed by atoms with Crippen LogP contribution >= 0.6 is 11.6 Å². The molecule has 128 valence electrons. The lowest BCUT2D eigenvalue weighted by molar-refractivity contribution is -0.860. The van der Waals surface area contributed by atoms with Gasteiger partial charge in [0, 0.05) is 17.1 Å². The minimum atomic E-state index is -1.22. The van der Waals surface area contributed by atoms with Crippen molar-refractivity contribution >= 4 is 29.2 Å². The molecule has 0 aromatic heterocycles. The van der Waals surface area contributed by atoms with Crippen LogP contribution in [0.3, 0.4) is 0 Å². The number of aliphatic carboxylic acids is 1. The molecule has 1 aromatic rings. The van der Waals surface area contributed by atoms with Crippen molar-refractivity contribution in [3.63, 3.8) is 0 Å². The Balaban J connectivity index is 2.50. The number of benzene rings is 1. The number of nitrogens with two attached hydrogens (primary N) is 1. The average molecular weight is 343 g/mol. The van der Waals surface area contributed by atoms with Crippen molar-refractivity contribution in [2.75, 3.05) is 32.5 Å². The van der Waals surface area contributed by atoms with E-state index in [1.165, 1.54) is 4.90 Å². The van der Waals surface area contributed by atoms with Crippen molar-refractivity contribution in [1.29, 1.82) is 0 Å². The lowest BCUT2D eigenvalue weighted by Crippen LogP contribution is -3.06. The van der Waals surface area contributed by atoms with Crippen LogP contribution in [0.15, 0.2) is 18.2 Å². The SMILES string of the molecule is Cc1ccc(NC(=O)C[C@@H]([NH2+]CCC[NH+](C)C)C(=O)[O-])cc1Cl. The third-order valence-electron chi connectivity index (χ3n) is 3.50. The molecule has 0 fully saturated rings. The maximum atomic E-state index is 12.0. The Hall–Kier alpha value is -1.63. The van der Waals surface area contributed by atoms with Gasteiger partial charge in [0.2, 0.25) is 5.91 Å². The first-order valence-corrected chi connectivity index (χ1v) is 8.06. The standard InChI is InChI=1S/C16H24ClN3O3/c1-11-5-6-12(9-13(11)17)19-15(21)10-14(16(22)23)18-7-4-8-20(2)3/h5-6,9,14,18H,4,7-8,10H2,1-3H3,(H,19,21)(H,22,23)/p+1/t14-/m1/s1. The van der Waals surface area contributed by atoms with E-state index in [1.807, 2.05) is 21.0 Å². The smallest absolute Gasteiger partial charge is 0.230 e. The fourth-order valence-electron chi connectivity index (χ4n) is 2.12. The summed E-state index contributed by atoms with van der Waals surface area (Å²) in [5, 5.41) is 16.0. The molecule has 0 aliphatic rings. The number of halogens is 1. The topological polar surface area (TPSA) is 90.3 Å². The van der Waals surface area contributed by atoms with Gasteiger partial charge in [0.15, 0.2) is 0 Å². The number of aryl methyl sites for hydroxylation is 1. The van der Waals surface area contributed by atoms with E-state index in [0.29, 0.717) is 17.3 Å². The van der Waals surface area contributed by atoms with Crippen LogP contribution in [0, 0.1) is 6.92 Å². The number of rotatable bonds is 9. The average Bonchev–Trinajstić information content (AvgIpc) is 2.45. The third-order valence-corrected chi connectivity index (χ3v) is 3.90. The van der Waals surface area contributed by atoms with Crippen LogP contribution in [0.5, 0.6) is 0 Å². The van der Waals surface area contributed by atoms with Crippen LogP contribution in [0.1, 0.15) is 18.4 Å². The molecule has 1 aromatic carbocycles. The molecule has 0 saturated heterocycles. The van der Waals surface area contributed by atoms with Gasteiger partial charge >= 0.3 is 0 Å². The first-order valence-electron chi connectivity index (χ1n) is 7.69. The number of amides is 1. The molecule has 4 N–H and O–H groups in total. The van der Waals surface area contributed by atoms with Crippen LogP contribution in [-0.4, -0.2) is 45.1 Å². The van der Waals surface area contributed by atoms with Gasteiger partial charge in [-0.3, -0.25) is 4.79 Å². The first-order chi connectivity index (χ1) is 10.8. The zero-order valence-corrected chi connectivity index (χ0v) is 14.6. The first kappa shape index (κ1) is 19.4. The maximum Gasteiger partial charge on any atom is 0.230 e. The number of hydrogen-bond acceptors (Lipinski definition) is 3. The molecule has 0 bridgehead atoms. The molecule has 0 aliphatic carbocycles. The summed E-state index contributed by atoms with van der Waals surface area (Å²) in [6.45, 7) is 3.46. The second kappa shape index (κ2) is 9.50. The summed E-state index contributed by atoms with van der Waals surface area (Å²) in [6, 6.07) is 4.29. The third kappa shape index (κ3) is 7.45. The summed E-state index contributed by atoms with van der Waals surface area (Å²) in [5.41, 5.74) is 1.47.